The molecule has 4 aromatic rings. The quantitative estimate of drug-likeness (QED) is 0.0609. The van der Waals surface area contributed by atoms with Crippen molar-refractivity contribution in [3.63, 3.8) is 0 Å². The van der Waals surface area contributed by atoms with Gasteiger partial charge in [0.05, 0.1) is 33.5 Å². The summed E-state index contributed by atoms with van der Waals surface area (Å²) < 4.78 is 21.6. The highest BCUT2D eigenvalue weighted by Crippen LogP contribution is 2.26. The molecule has 62 heavy (non-hydrogen) atoms. The van der Waals surface area contributed by atoms with Crippen molar-refractivity contribution in [1.82, 2.24) is 26.6 Å². The van der Waals surface area contributed by atoms with Crippen molar-refractivity contribution in [3.05, 3.63) is 119 Å². The molecular weight excluding hydrogens is 795 g/mol. The second kappa shape index (κ2) is 23.0. The first-order chi connectivity index (χ1) is 29.5. The molecular formula is C47H61N5O10. The lowest BCUT2D eigenvalue weighted by Gasteiger charge is -2.35. The molecule has 0 bridgehead atoms. The molecule has 15 nitrogen and oxygen atoms in total. The minimum absolute atomic E-state index is 0.0126. The van der Waals surface area contributed by atoms with Gasteiger partial charge in [-0.2, -0.15) is 0 Å². The van der Waals surface area contributed by atoms with Crippen molar-refractivity contribution in [2.45, 2.75) is 91.0 Å². The van der Waals surface area contributed by atoms with Gasteiger partial charge in [0.25, 0.3) is 0 Å². The Balaban J connectivity index is 1.65. The maximum atomic E-state index is 14.5. The van der Waals surface area contributed by atoms with Crippen LogP contribution < -0.4 is 40.8 Å². The van der Waals surface area contributed by atoms with Gasteiger partial charge in [-0.25, -0.2) is 4.79 Å². The number of amides is 4. The van der Waals surface area contributed by atoms with Crippen molar-refractivity contribution < 1.29 is 48.3 Å². The first kappa shape index (κ1) is 48.3. The second-order valence-corrected chi connectivity index (χ2v) is 16.3. The van der Waals surface area contributed by atoms with E-state index in [9.17, 15) is 29.4 Å². The van der Waals surface area contributed by atoms with Crippen LogP contribution in [0.25, 0.3) is 0 Å². The molecule has 334 valence electrons. The monoisotopic (exact) mass is 855 g/mol. The Labute approximate surface area is 363 Å². The van der Waals surface area contributed by atoms with E-state index in [0.29, 0.717) is 28.4 Å². The maximum Gasteiger partial charge on any atom is 0.408 e. The van der Waals surface area contributed by atoms with Gasteiger partial charge in [-0.3, -0.25) is 19.7 Å². The average Bonchev–Trinajstić information content (AvgIpc) is 3.25. The largest absolute Gasteiger partial charge is 0.507 e. The molecule has 4 rings (SSSR count). The number of aromatic hydroxyl groups is 1. The number of aliphatic hydroxyl groups excluding tert-OH is 1. The Hall–Kier alpha value is -6.32. The summed E-state index contributed by atoms with van der Waals surface area (Å²) in [5.74, 6) is -0.911. The zero-order valence-corrected chi connectivity index (χ0v) is 36.7. The third kappa shape index (κ3) is 14.1. The van der Waals surface area contributed by atoms with Gasteiger partial charge >= 0.3 is 6.09 Å². The number of hydrogen-bond acceptors (Lipinski definition) is 11. The lowest BCUT2D eigenvalue weighted by atomic mass is 9.85. The molecule has 0 heterocycles. The number of carbonyl (C=O) groups is 4. The molecule has 5 atom stereocenters. The minimum atomic E-state index is -1.61. The number of phenols is 1. The van der Waals surface area contributed by atoms with Crippen molar-refractivity contribution in [2.75, 3.05) is 21.3 Å². The summed E-state index contributed by atoms with van der Waals surface area (Å²) in [7, 11) is 4.50. The summed E-state index contributed by atoms with van der Waals surface area (Å²) in [6.45, 7) is 8.84. The van der Waals surface area contributed by atoms with Crippen molar-refractivity contribution in [1.29, 1.82) is 0 Å². The fourth-order valence-electron chi connectivity index (χ4n) is 6.66. The standard InChI is InChI=1S/C47H61N5O10/c1-29(2)39(43(55)49-26-32-19-21-34(59-6)24-37(32)53)51-44(56)40(48-27-33-20-22-35(60-7)25-38(33)61-8)41(54)36(23-30-15-11-9-12-16-30)50-45(57)42(47(3,4)5)52-46(58)62-28-31-17-13-10-14-18-31/h9-22,24-25,29,36,39-42,48,53-54H,23,26-28H2,1-8H3,(H,49,55)(H,50,57)(H,51,56)(H,52,58)/t36-,39-,40+,41-,42+/m0/s1. The van der Waals surface area contributed by atoms with Gasteiger partial charge in [0.1, 0.15) is 47.7 Å². The van der Waals surface area contributed by atoms with Crippen LogP contribution in [0.3, 0.4) is 0 Å². The number of methoxy groups -OCH3 is 3. The number of aliphatic hydroxyl groups is 1. The van der Waals surface area contributed by atoms with Crippen LogP contribution in [0.1, 0.15) is 56.9 Å². The Kier molecular flexibility index (Phi) is 18.0. The topological polar surface area (TPSA) is 206 Å². The van der Waals surface area contributed by atoms with Crippen molar-refractivity contribution in [3.8, 4) is 23.0 Å². The molecule has 0 saturated heterocycles. The van der Waals surface area contributed by atoms with Gasteiger partial charge in [0, 0.05) is 36.3 Å². The van der Waals surface area contributed by atoms with Crippen LogP contribution in [0.2, 0.25) is 0 Å². The van der Waals surface area contributed by atoms with E-state index < -0.39 is 65.4 Å². The van der Waals surface area contributed by atoms with Gasteiger partial charge in [0.15, 0.2) is 0 Å². The van der Waals surface area contributed by atoms with E-state index >= 15 is 0 Å². The lowest BCUT2D eigenvalue weighted by Crippen LogP contribution is -2.63. The molecule has 0 aliphatic heterocycles. The van der Waals surface area contributed by atoms with Gasteiger partial charge in [0.2, 0.25) is 17.7 Å². The number of carbonyl (C=O) groups excluding carboxylic acids is 4. The molecule has 7 N–H and O–H groups in total. The molecule has 0 unspecified atom stereocenters. The first-order valence-electron chi connectivity index (χ1n) is 20.4. The number of ether oxygens (including phenoxy) is 4. The molecule has 4 aromatic carbocycles. The van der Waals surface area contributed by atoms with Crippen LogP contribution in [-0.2, 0) is 45.2 Å². The third-order valence-electron chi connectivity index (χ3n) is 10.3. The van der Waals surface area contributed by atoms with E-state index in [-0.39, 0.29) is 31.9 Å². The van der Waals surface area contributed by atoms with E-state index in [1.54, 1.807) is 65.0 Å². The fraction of sp³-hybridized carbons (Fsp3) is 0.404. The SMILES string of the molecule is COc1ccc(CNC(=O)[C@@H](NC(=O)[C@H](NCc2ccc(OC)cc2OC)[C@@H](O)[C@H](Cc2ccccc2)NC(=O)[C@@H](NC(=O)OCc2ccccc2)C(C)(C)C)C(C)C)c(O)c1. The summed E-state index contributed by atoms with van der Waals surface area (Å²) in [5, 5.41) is 37.3. The van der Waals surface area contributed by atoms with Gasteiger partial charge in [-0.15, -0.1) is 0 Å². The summed E-state index contributed by atoms with van der Waals surface area (Å²) in [5.41, 5.74) is 1.76. The summed E-state index contributed by atoms with van der Waals surface area (Å²) in [6.07, 6.45) is -2.34. The highest BCUT2D eigenvalue weighted by Gasteiger charge is 2.40. The van der Waals surface area contributed by atoms with Gasteiger partial charge in [-0.05, 0) is 47.1 Å². The summed E-state index contributed by atoms with van der Waals surface area (Å²) >= 11 is 0. The van der Waals surface area contributed by atoms with E-state index in [2.05, 4.69) is 26.6 Å². The maximum absolute atomic E-state index is 14.5. The number of rotatable bonds is 21. The van der Waals surface area contributed by atoms with Crippen LogP contribution in [0.15, 0.2) is 97.1 Å². The molecule has 4 amide bonds. The number of benzene rings is 4. The molecule has 0 fully saturated rings. The normalized spacial score (nSPS) is 13.7. The Morgan fingerprint density at radius 1 is 0.661 bits per heavy atom. The number of alkyl carbamates (subject to hydrolysis) is 1. The van der Waals surface area contributed by atoms with Crippen molar-refractivity contribution in [2.24, 2.45) is 11.3 Å². The average molecular weight is 856 g/mol. The van der Waals surface area contributed by atoms with Crippen LogP contribution >= 0.6 is 0 Å². The minimum Gasteiger partial charge on any atom is -0.507 e. The molecule has 0 radical (unpaired) electrons. The molecule has 0 spiro atoms. The Morgan fingerprint density at radius 2 is 1.26 bits per heavy atom. The van der Waals surface area contributed by atoms with E-state index in [0.717, 1.165) is 11.1 Å². The molecule has 15 heteroatoms. The Bertz CT molecular complexity index is 2080. The van der Waals surface area contributed by atoms with Crippen LogP contribution in [-0.4, -0.2) is 85.6 Å². The van der Waals surface area contributed by atoms with Crippen molar-refractivity contribution >= 4 is 23.8 Å². The zero-order chi connectivity index (χ0) is 45.4. The van der Waals surface area contributed by atoms with E-state index in [4.69, 9.17) is 18.9 Å². The van der Waals surface area contributed by atoms with E-state index in [1.165, 1.54) is 27.4 Å². The van der Waals surface area contributed by atoms with Crippen LogP contribution in [0.4, 0.5) is 4.79 Å². The molecule has 0 aliphatic rings. The lowest BCUT2D eigenvalue weighted by molar-refractivity contribution is -0.134. The van der Waals surface area contributed by atoms with Crippen LogP contribution in [0.5, 0.6) is 23.0 Å². The van der Waals surface area contributed by atoms with Gasteiger partial charge in [-0.1, -0.05) is 101 Å². The Morgan fingerprint density at radius 3 is 1.82 bits per heavy atom. The first-order valence-corrected chi connectivity index (χ1v) is 20.4. The highest BCUT2D eigenvalue weighted by atomic mass is 16.5. The molecule has 0 aliphatic carbocycles. The zero-order valence-electron chi connectivity index (χ0n) is 36.7. The van der Waals surface area contributed by atoms with E-state index in [1.807, 2.05) is 60.7 Å². The summed E-state index contributed by atoms with van der Waals surface area (Å²) in [4.78, 5) is 55.6. The number of phenolic OH excluding ortho intramolecular Hbond substituents is 1. The van der Waals surface area contributed by atoms with Gasteiger partial charge < -0.3 is 50.4 Å². The molecule has 0 aromatic heterocycles. The predicted octanol–water partition coefficient (Wildman–Crippen LogP) is 4.76. The second-order valence-electron chi connectivity index (χ2n) is 16.3. The predicted molar refractivity (Wildman–Crippen MR) is 235 cm³/mol. The third-order valence-corrected chi connectivity index (χ3v) is 10.3. The number of hydrogen-bond donors (Lipinski definition) is 7. The summed E-state index contributed by atoms with van der Waals surface area (Å²) in [6, 6.07) is 23.4. The van der Waals surface area contributed by atoms with Crippen LogP contribution in [0, 0.1) is 11.3 Å². The highest BCUT2D eigenvalue weighted by molar-refractivity contribution is 5.91. The molecule has 0 saturated carbocycles. The number of nitrogens with one attached hydrogen (secondary N) is 5. The smallest absolute Gasteiger partial charge is 0.408 e. The fourth-order valence-corrected chi connectivity index (χ4v) is 6.66.